The molecule has 2 aromatic rings. The van der Waals surface area contributed by atoms with Gasteiger partial charge in [-0.25, -0.2) is 4.39 Å². The lowest BCUT2D eigenvalue weighted by Gasteiger charge is -2.08. The Balaban J connectivity index is 1.61. The fourth-order valence-electron chi connectivity index (χ4n) is 2.91. The first-order valence-electron chi connectivity index (χ1n) is 7.20. The molecule has 0 unspecified atom stereocenters. The lowest BCUT2D eigenvalue weighted by atomic mass is 10.0. The Bertz CT molecular complexity index is 616. The van der Waals surface area contributed by atoms with Crippen molar-refractivity contribution in [2.75, 3.05) is 6.54 Å². The van der Waals surface area contributed by atoms with Gasteiger partial charge in [0.1, 0.15) is 5.82 Å². The van der Waals surface area contributed by atoms with Crippen LogP contribution in [0.25, 0.3) is 10.1 Å². The van der Waals surface area contributed by atoms with Gasteiger partial charge in [0.15, 0.2) is 0 Å². The summed E-state index contributed by atoms with van der Waals surface area (Å²) in [5.74, 6) is 0.433. The third-order valence-corrected chi connectivity index (χ3v) is 5.14. The molecule has 1 heterocycles. The van der Waals surface area contributed by atoms with E-state index >= 15 is 0 Å². The predicted molar refractivity (Wildman–Crippen MR) is 80.7 cm³/mol. The van der Waals surface area contributed by atoms with Gasteiger partial charge >= 0.3 is 0 Å². The number of carbonyl (C=O) groups excluding carboxylic acids is 1. The van der Waals surface area contributed by atoms with Crippen LogP contribution in [0.2, 0.25) is 0 Å². The standard InChI is InChI=1S/C16H18FNOS/c17-13-6-3-7-14-12(13)10-15(20-14)16(19)18-9-8-11-4-1-2-5-11/h3,6-7,10-11H,1-2,4-5,8-9H2,(H,18,19). The number of rotatable bonds is 4. The molecule has 3 rings (SSSR count). The number of benzene rings is 1. The third kappa shape index (κ3) is 2.85. The molecule has 2 nitrogen and oxygen atoms in total. The zero-order valence-corrected chi connectivity index (χ0v) is 12.1. The van der Waals surface area contributed by atoms with E-state index in [1.807, 2.05) is 6.07 Å². The molecule has 1 saturated carbocycles. The molecule has 1 aliphatic carbocycles. The van der Waals surface area contributed by atoms with Crippen molar-refractivity contribution in [2.24, 2.45) is 5.92 Å². The molecule has 0 spiro atoms. The lowest BCUT2D eigenvalue weighted by molar-refractivity contribution is 0.0955. The smallest absolute Gasteiger partial charge is 0.261 e. The highest BCUT2D eigenvalue weighted by molar-refractivity contribution is 7.20. The van der Waals surface area contributed by atoms with Gasteiger partial charge in [-0.15, -0.1) is 11.3 Å². The quantitative estimate of drug-likeness (QED) is 0.891. The minimum atomic E-state index is -0.260. The van der Waals surface area contributed by atoms with Crippen molar-refractivity contribution >= 4 is 27.3 Å². The number of carbonyl (C=O) groups is 1. The molecule has 1 N–H and O–H groups in total. The minimum Gasteiger partial charge on any atom is -0.351 e. The summed E-state index contributed by atoms with van der Waals surface area (Å²) in [6.45, 7) is 0.722. The fraction of sp³-hybridized carbons (Fsp3) is 0.438. The summed E-state index contributed by atoms with van der Waals surface area (Å²) < 4.78 is 14.4. The van der Waals surface area contributed by atoms with Gasteiger partial charge in [0.25, 0.3) is 5.91 Å². The maximum absolute atomic E-state index is 13.6. The van der Waals surface area contributed by atoms with Crippen LogP contribution in [-0.4, -0.2) is 12.5 Å². The maximum Gasteiger partial charge on any atom is 0.261 e. The summed E-state index contributed by atoms with van der Waals surface area (Å²) in [6, 6.07) is 6.60. The summed E-state index contributed by atoms with van der Waals surface area (Å²) in [5, 5.41) is 3.50. The van der Waals surface area contributed by atoms with Crippen molar-refractivity contribution in [1.29, 1.82) is 0 Å². The molecule has 0 aliphatic heterocycles. The Morgan fingerprint density at radius 2 is 2.15 bits per heavy atom. The van der Waals surface area contributed by atoms with Crippen LogP contribution >= 0.6 is 11.3 Å². The van der Waals surface area contributed by atoms with E-state index in [0.29, 0.717) is 10.3 Å². The number of fused-ring (bicyclic) bond motifs is 1. The average molecular weight is 291 g/mol. The summed E-state index contributed by atoms with van der Waals surface area (Å²) in [6.07, 6.45) is 6.31. The predicted octanol–water partition coefficient (Wildman–Crippen LogP) is 4.35. The van der Waals surface area contributed by atoms with Crippen LogP contribution in [0.15, 0.2) is 24.3 Å². The Hall–Kier alpha value is -1.42. The van der Waals surface area contributed by atoms with Gasteiger partial charge in [-0.2, -0.15) is 0 Å². The number of thiophene rings is 1. The van der Waals surface area contributed by atoms with E-state index in [-0.39, 0.29) is 11.7 Å². The average Bonchev–Trinajstić information content (AvgIpc) is 3.07. The zero-order chi connectivity index (χ0) is 13.9. The monoisotopic (exact) mass is 291 g/mol. The van der Waals surface area contributed by atoms with Crippen molar-refractivity contribution in [1.82, 2.24) is 5.32 Å². The number of amides is 1. The zero-order valence-electron chi connectivity index (χ0n) is 11.3. The second kappa shape index (κ2) is 5.92. The van der Waals surface area contributed by atoms with Crippen LogP contribution in [0.1, 0.15) is 41.8 Å². The van der Waals surface area contributed by atoms with Gasteiger partial charge in [-0.05, 0) is 30.5 Å². The molecule has 4 heteroatoms. The molecule has 0 radical (unpaired) electrons. The lowest BCUT2D eigenvalue weighted by Crippen LogP contribution is -2.24. The highest BCUT2D eigenvalue weighted by Gasteiger charge is 2.16. The van der Waals surface area contributed by atoms with E-state index in [9.17, 15) is 9.18 Å². The molecule has 1 aliphatic rings. The molecular formula is C16H18FNOS. The maximum atomic E-state index is 13.6. The minimum absolute atomic E-state index is 0.0800. The Kier molecular flexibility index (Phi) is 4.01. The molecule has 0 bridgehead atoms. The number of hydrogen-bond donors (Lipinski definition) is 1. The normalized spacial score (nSPS) is 15.8. The second-order valence-electron chi connectivity index (χ2n) is 5.46. The SMILES string of the molecule is O=C(NCCC1CCCC1)c1cc2c(F)cccc2s1. The molecule has 106 valence electrons. The Morgan fingerprint density at radius 3 is 2.90 bits per heavy atom. The first-order valence-corrected chi connectivity index (χ1v) is 8.02. The van der Waals surface area contributed by atoms with Crippen molar-refractivity contribution < 1.29 is 9.18 Å². The van der Waals surface area contributed by atoms with Crippen molar-refractivity contribution in [3.63, 3.8) is 0 Å². The summed E-state index contributed by atoms with van der Waals surface area (Å²) >= 11 is 1.35. The van der Waals surface area contributed by atoms with Crippen LogP contribution in [0.4, 0.5) is 4.39 Å². The Labute approximate surface area is 122 Å². The molecule has 1 aromatic carbocycles. The molecule has 1 amide bonds. The molecule has 0 saturated heterocycles. The van der Waals surface area contributed by atoms with Crippen LogP contribution in [0.3, 0.4) is 0 Å². The molecule has 0 atom stereocenters. The molecule has 20 heavy (non-hydrogen) atoms. The third-order valence-electron chi connectivity index (χ3n) is 4.04. The summed E-state index contributed by atoms with van der Waals surface area (Å²) in [5.41, 5.74) is 0. The van der Waals surface area contributed by atoms with E-state index in [1.165, 1.54) is 43.1 Å². The van der Waals surface area contributed by atoms with Gasteiger partial charge in [0.05, 0.1) is 4.88 Å². The van der Waals surface area contributed by atoms with Crippen molar-refractivity contribution in [3.8, 4) is 0 Å². The van der Waals surface area contributed by atoms with Crippen LogP contribution in [0.5, 0.6) is 0 Å². The van der Waals surface area contributed by atoms with Gasteiger partial charge in [-0.3, -0.25) is 4.79 Å². The molecule has 1 fully saturated rings. The van der Waals surface area contributed by atoms with E-state index in [1.54, 1.807) is 12.1 Å². The summed E-state index contributed by atoms with van der Waals surface area (Å²) in [7, 11) is 0. The van der Waals surface area contributed by atoms with E-state index < -0.39 is 0 Å². The second-order valence-corrected chi connectivity index (χ2v) is 6.54. The van der Waals surface area contributed by atoms with E-state index in [4.69, 9.17) is 0 Å². The fourth-order valence-corrected chi connectivity index (χ4v) is 3.90. The first kappa shape index (κ1) is 13.6. The van der Waals surface area contributed by atoms with Crippen LogP contribution in [0, 0.1) is 11.7 Å². The molecule has 1 aromatic heterocycles. The highest BCUT2D eigenvalue weighted by Crippen LogP contribution is 2.28. The van der Waals surface area contributed by atoms with E-state index in [2.05, 4.69) is 5.32 Å². The topological polar surface area (TPSA) is 29.1 Å². The van der Waals surface area contributed by atoms with Gasteiger partial charge < -0.3 is 5.32 Å². The number of hydrogen-bond acceptors (Lipinski definition) is 2. The van der Waals surface area contributed by atoms with Crippen LogP contribution < -0.4 is 5.32 Å². The van der Waals surface area contributed by atoms with Crippen LogP contribution in [-0.2, 0) is 0 Å². The van der Waals surface area contributed by atoms with Gasteiger partial charge in [0.2, 0.25) is 0 Å². The summed E-state index contributed by atoms with van der Waals surface area (Å²) in [4.78, 5) is 12.7. The number of nitrogens with one attached hydrogen (secondary N) is 1. The number of halogens is 1. The highest BCUT2D eigenvalue weighted by atomic mass is 32.1. The molecular weight excluding hydrogens is 273 g/mol. The van der Waals surface area contributed by atoms with Gasteiger partial charge in [0, 0.05) is 16.6 Å². The van der Waals surface area contributed by atoms with Crippen molar-refractivity contribution in [3.05, 3.63) is 35.0 Å². The van der Waals surface area contributed by atoms with Gasteiger partial charge in [-0.1, -0.05) is 31.7 Å². The van der Waals surface area contributed by atoms with Crippen molar-refractivity contribution in [2.45, 2.75) is 32.1 Å². The van der Waals surface area contributed by atoms with E-state index in [0.717, 1.165) is 23.6 Å². The Morgan fingerprint density at radius 1 is 1.35 bits per heavy atom. The first-order chi connectivity index (χ1) is 9.74. The largest absolute Gasteiger partial charge is 0.351 e.